The van der Waals surface area contributed by atoms with Crippen LogP contribution in [0, 0.1) is 5.92 Å². The molecule has 5 heteroatoms. The molecule has 0 atom stereocenters. The zero-order valence-electron chi connectivity index (χ0n) is 11.6. The fraction of sp³-hybridized carbons (Fsp3) is 0.467. The van der Waals surface area contributed by atoms with Crippen LogP contribution in [0.4, 0.5) is 0 Å². The number of hydrogen-bond donors (Lipinski definition) is 2. The molecule has 1 aromatic carbocycles. The summed E-state index contributed by atoms with van der Waals surface area (Å²) in [4.78, 5) is 23.3. The zero-order valence-corrected chi connectivity index (χ0v) is 11.6. The van der Waals surface area contributed by atoms with Gasteiger partial charge in [0, 0.05) is 12.5 Å². The summed E-state index contributed by atoms with van der Waals surface area (Å²) in [6.07, 6.45) is 1.79. The van der Waals surface area contributed by atoms with Crippen molar-refractivity contribution in [1.82, 2.24) is 10.6 Å². The number of piperidine rings is 1. The Balaban J connectivity index is 1.84. The van der Waals surface area contributed by atoms with Crippen LogP contribution >= 0.6 is 0 Å². The van der Waals surface area contributed by atoms with E-state index in [0.29, 0.717) is 12.1 Å². The van der Waals surface area contributed by atoms with E-state index in [1.807, 2.05) is 12.1 Å². The Hall–Kier alpha value is -1.88. The van der Waals surface area contributed by atoms with Gasteiger partial charge < -0.3 is 15.4 Å². The summed E-state index contributed by atoms with van der Waals surface area (Å²) in [7, 11) is 1.36. The molecule has 1 saturated heterocycles. The van der Waals surface area contributed by atoms with Crippen molar-refractivity contribution in [3.63, 3.8) is 0 Å². The summed E-state index contributed by atoms with van der Waals surface area (Å²) in [5, 5.41) is 6.19. The molecule has 1 aliphatic rings. The lowest BCUT2D eigenvalue weighted by Crippen LogP contribution is -2.37. The number of benzene rings is 1. The number of carbonyl (C=O) groups excluding carboxylic acids is 2. The van der Waals surface area contributed by atoms with Crippen LogP contribution in [0.15, 0.2) is 24.3 Å². The number of methoxy groups -OCH3 is 1. The van der Waals surface area contributed by atoms with Crippen LogP contribution in [0.1, 0.15) is 28.8 Å². The molecule has 0 saturated carbocycles. The number of amides is 1. The highest BCUT2D eigenvalue weighted by Gasteiger charge is 2.20. The third kappa shape index (κ3) is 3.81. The fourth-order valence-electron chi connectivity index (χ4n) is 2.29. The molecule has 108 valence electrons. The second-order valence-corrected chi connectivity index (χ2v) is 4.93. The monoisotopic (exact) mass is 276 g/mol. The molecule has 0 aromatic heterocycles. The van der Waals surface area contributed by atoms with E-state index in [1.54, 1.807) is 12.1 Å². The van der Waals surface area contributed by atoms with Gasteiger partial charge in [-0.1, -0.05) is 12.1 Å². The van der Waals surface area contributed by atoms with Crippen molar-refractivity contribution in [3.8, 4) is 0 Å². The highest BCUT2D eigenvalue weighted by Crippen LogP contribution is 2.12. The molecular formula is C15H20N2O3. The summed E-state index contributed by atoms with van der Waals surface area (Å²) >= 11 is 0. The molecule has 1 fully saturated rings. The minimum Gasteiger partial charge on any atom is -0.465 e. The Kier molecular flexibility index (Phi) is 5.12. The van der Waals surface area contributed by atoms with Gasteiger partial charge in [-0.2, -0.15) is 0 Å². The van der Waals surface area contributed by atoms with Crippen molar-refractivity contribution in [3.05, 3.63) is 35.4 Å². The van der Waals surface area contributed by atoms with E-state index < -0.39 is 0 Å². The smallest absolute Gasteiger partial charge is 0.337 e. The maximum Gasteiger partial charge on any atom is 0.337 e. The van der Waals surface area contributed by atoms with Gasteiger partial charge >= 0.3 is 5.97 Å². The number of rotatable bonds is 4. The number of carbonyl (C=O) groups is 2. The minimum atomic E-state index is -0.352. The SMILES string of the molecule is COC(=O)c1ccc(CNC(=O)C2CCNCC2)cc1. The van der Waals surface area contributed by atoms with Gasteiger partial charge in [0.2, 0.25) is 5.91 Å². The first kappa shape index (κ1) is 14.5. The zero-order chi connectivity index (χ0) is 14.4. The van der Waals surface area contributed by atoms with Crippen LogP contribution in [0.2, 0.25) is 0 Å². The molecule has 5 nitrogen and oxygen atoms in total. The van der Waals surface area contributed by atoms with Crippen LogP contribution in [-0.2, 0) is 16.1 Å². The quantitative estimate of drug-likeness (QED) is 0.808. The molecule has 2 rings (SSSR count). The Morgan fingerprint density at radius 2 is 1.90 bits per heavy atom. The van der Waals surface area contributed by atoms with Crippen molar-refractivity contribution < 1.29 is 14.3 Å². The van der Waals surface area contributed by atoms with Gasteiger partial charge in [0.25, 0.3) is 0 Å². The molecule has 1 heterocycles. The lowest BCUT2D eigenvalue weighted by atomic mass is 9.97. The average molecular weight is 276 g/mol. The molecule has 0 bridgehead atoms. The topological polar surface area (TPSA) is 67.4 Å². The Labute approximate surface area is 118 Å². The second kappa shape index (κ2) is 7.05. The molecule has 2 N–H and O–H groups in total. The van der Waals surface area contributed by atoms with Gasteiger partial charge in [0.15, 0.2) is 0 Å². The van der Waals surface area contributed by atoms with Gasteiger partial charge in [-0.3, -0.25) is 4.79 Å². The van der Waals surface area contributed by atoms with Gasteiger partial charge in [0.1, 0.15) is 0 Å². The van der Waals surface area contributed by atoms with Crippen LogP contribution in [0.5, 0.6) is 0 Å². The van der Waals surface area contributed by atoms with E-state index in [0.717, 1.165) is 31.5 Å². The van der Waals surface area contributed by atoms with Crippen LogP contribution in [-0.4, -0.2) is 32.1 Å². The highest BCUT2D eigenvalue weighted by molar-refractivity contribution is 5.89. The lowest BCUT2D eigenvalue weighted by molar-refractivity contribution is -0.125. The first-order valence-corrected chi connectivity index (χ1v) is 6.86. The van der Waals surface area contributed by atoms with Gasteiger partial charge in [-0.15, -0.1) is 0 Å². The normalized spacial score (nSPS) is 15.7. The summed E-state index contributed by atoms with van der Waals surface area (Å²) in [6, 6.07) is 7.07. The molecule has 0 radical (unpaired) electrons. The van der Waals surface area contributed by atoms with Crippen molar-refractivity contribution in [2.75, 3.05) is 20.2 Å². The minimum absolute atomic E-state index is 0.114. The summed E-state index contributed by atoms with van der Waals surface area (Å²) in [5.74, 6) is -0.121. The standard InChI is InChI=1S/C15H20N2O3/c1-20-15(19)13-4-2-11(3-5-13)10-17-14(18)12-6-8-16-9-7-12/h2-5,12,16H,6-10H2,1H3,(H,17,18). The van der Waals surface area contributed by atoms with Gasteiger partial charge in [-0.25, -0.2) is 4.79 Å². The Morgan fingerprint density at radius 1 is 1.25 bits per heavy atom. The molecule has 0 spiro atoms. The fourth-order valence-corrected chi connectivity index (χ4v) is 2.29. The number of ether oxygens (including phenoxy) is 1. The maximum atomic E-state index is 12.0. The Morgan fingerprint density at radius 3 is 2.50 bits per heavy atom. The van der Waals surface area contributed by atoms with Crippen LogP contribution in [0.3, 0.4) is 0 Å². The van der Waals surface area contributed by atoms with E-state index >= 15 is 0 Å². The van der Waals surface area contributed by atoms with E-state index in [2.05, 4.69) is 15.4 Å². The number of hydrogen-bond acceptors (Lipinski definition) is 4. The molecule has 1 amide bonds. The van der Waals surface area contributed by atoms with Crippen molar-refractivity contribution in [2.45, 2.75) is 19.4 Å². The van der Waals surface area contributed by atoms with Gasteiger partial charge in [0.05, 0.1) is 12.7 Å². The van der Waals surface area contributed by atoms with E-state index in [9.17, 15) is 9.59 Å². The van der Waals surface area contributed by atoms with Gasteiger partial charge in [-0.05, 0) is 43.6 Å². The number of nitrogens with one attached hydrogen (secondary N) is 2. The Bertz CT molecular complexity index is 465. The summed E-state index contributed by atoms with van der Waals surface area (Å²) < 4.78 is 4.64. The lowest BCUT2D eigenvalue weighted by Gasteiger charge is -2.21. The molecule has 1 aromatic rings. The van der Waals surface area contributed by atoms with E-state index in [1.165, 1.54) is 7.11 Å². The van der Waals surface area contributed by atoms with E-state index in [4.69, 9.17) is 0 Å². The van der Waals surface area contributed by atoms with Crippen molar-refractivity contribution >= 4 is 11.9 Å². The van der Waals surface area contributed by atoms with Crippen molar-refractivity contribution in [2.24, 2.45) is 5.92 Å². The first-order chi connectivity index (χ1) is 9.70. The first-order valence-electron chi connectivity index (χ1n) is 6.86. The molecule has 0 aliphatic carbocycles. The molecular weight excluding hydrogens is 256 g/mol. The highest BCUT2D eigenvalue weighted by atomic mass is 16.5. The molecule has 0 unspecified atom stereocenters. The average Bonchev–Trinajstić information content (AvgIpc) is 2.53. The largest absolute Gasteiger partial charge is 0.465 e. The third-order valence-corrected chi connectivity index (χ3v) is 3.55. The third-order valence-electron chi connectivity index (χ3n) is 3.55. The van der Waals surface area contributed by atoms with E-state index in [-0.39, 0.29) is 17.8 Å². The summed E-state index contributed by atoms with van der Waals surface area (Å²) in [5.41, 5.74) is 1.49. The predicted molar refractivity (Wildman–Crippen MR) is 75.2 cm³/mol. The molecule has 1 aliphatic heterocycles. The maximum absolute atomic E-state index is 12.0. The predicted octanol–water partition coefficient (Wildman–Crippen LogP) is 1.09. The molecule has 20 heavy (non-hydrogen) atoms. The van der Waals surface area contributed by atoms with Crippen molar-refractivity contribution in [1.29, 1.82) is 0 Å². The van der Waals surface area contributed by atoms with Crippen LogP contribution < -0.4 is 10.6 Å². The second-order valence-electron chi connectivity index (χ2n) is 4.93. The summed E-state index contributed by atoms with van der Waals surface area (Å²) in [6.45, 7) is 2.31. The number of esters is 1. The van der Waals surface area contributed by atoms with Crippen LogP contribution in [0.25, 0.3) is 0 Å².